The van der Waals surface area contributed by atoms with Gasteiger partial charge >= 0.3 is 0 Å². The van der Waals surface area contributed by atoms with Crippen molar-refractivity contribution in [1.29, 1.82) is 0 Å². The van der Waals surface area contributed by atoms with E-state index >= 15 is 0 Å². The number of anilines is 2. The van der Waals surface area contributed by atoms with Crippen molar-refractivity contribution in [3.63, 3.8) is 0 Å². The molecule has 0 radical (unpaired) electrons. The van der Waals surface area contributed by atoms with Crippen LogP contribution in [0.3, 0.4) is 0 Å². The molecule has 88 valence electrons. The normalized spacial score (nSPS) is 20.8. The van der Waals surface area contributed by atoms with Crippen molar-refractivity contribution in [2.24, 2.45) is 0 Å². The zero-order valence-corrected chi connectivity index (χ0v) is 10.3. The summed E-state index contributed by atoms with van der Waals surface area (Å²) in [6.07, 6.45) is 2.48. The summed E-state index contributed by atoms with van der Waals surface area (Å²) in [5.74, 6) is 2.73. The second-order valence-electron chi connectivity index (χ2n) is 4.85. The predicted octanol–water partition coefficient (Wildman–Crippen LogP) is 2.17. The Bertz CT molecular complexity index is 375. The van der Waals surface area contributed by atoms with E-state index in [1.165, 1.54) is 12.8 Å². The molecule has 16 heavy (non-hydrogen) atoms. The van der Waals surface area contributed by atoms with Gasteiger partial charge in [0.25, 0.3) is 0 Å². The molecular weight excluding hydrogens is 200 g/mol. The average molecular weight is 220 g/mol. The van der Waals surface area contributed by atoms with E-state index in [0.717, 1.165) is 18.2 Å². The van der Waals surface area contributed by atoms with Gasteiger partial charge in [-0.3, -0.25) is 0 Å². The molecule has 1 fully saturated rings. The van der Waals surface area contributed by atoms with Crippen molar-refractivity contribution in [3.8, 4) is 0 Å². The maximum absolute atomic E-state index is 5.83. The third-order valence-electron chi connectivity index (χ3n) is 3.11. The van der Waals surface area contributed by atoms with Crippen LogP contribution in [0.5, 0.6) is 0 Å². The van der Waals surface area contributed by atoms with Gasteiger partial charge in [0.05, 0.1) is 0 Å². The molecule has 0 amide bonds. The molecule has 1 aromatic rings. The molecule has 1 unspecified atom stereocenters. The van der Waals surface area contributed by atoms with Crippen LogP contribution in [0.15, 0.2) is 6.07 Å². The Hall–Kier alpha value is -1.32. The van der Waals surface area contributed by atoms with Crippen molar-refractivity contribution in [1.82, 2.24) is 9.97 Å². The van der Waals surface area contributed by atoms with Crippen LogP contribution in [-0.4, -0.2) is 22.6 Å². The molecule has 4 heteroatoms. The maximum atomic E-state index is 5.83. The summed E-state index contributed by atoms with van der Waals surface area (Å²) < 4.78 is 0. The Kier molecular flexibility index (Phi) is 2.99. The van der Waals surface area contributed by atoms with E-state index < -0.39 is 0 Å². The summed E-state index contributed by atoms with van der Waals surface area (Å²) in [4.78, 5) is 11.2. The zero-order valence-electron chi connectivity index (χ0n) is 10.3. The first-order valence-electron chi connectivity index (χ1n) is 5.99. The van der Waals surface area contributed by atoms with Crippen LogP contribution in [0, 0.1) is 0 Å². The van der Waals surface area contributed by atoms with E-state index in [4.69, 9.17) is 5.73 Å². The van der Waals surface area contributed by atoms with Crippen LogP contribution < -0.4 is 10.6 Å². The Labute approximate surface area is 96.9 Å². The Morgan fingerprint density at radius 3 is 2.75 bits per heavy atom. The minimum atomic E-state index is 0.320. The van der Waals surface area contributed by atoms with E-state index in [-0.39, 0.29) is 0 Å². The van der Waals surface area contributed by atoms with Gasteiger partial charge in [0, 0.05) is 24.6 Å². The lowest BCUT2D eigenvalue weighted by atomic mass is 10.2. The zero-order chi connectivity index (χ0) is 11.7. The van der Waals surface area contributed by atoms with Crippen molar-refractivity contribution >= 4 is 11.6 Å². The molecule has 1 atom stereocenters. The predicted molar refractivity (Wildman–Crippen MR) is 66.6 cm³/mol. The fraction of sp³-hybridized carbons (Fsp3) is 0.667. The monoisotopic (exact) mass is 220 g/mol. The van der Waals surface area contributed by atoms with Crippen LogP contribution in [0.2, 0.25) is 0 Å². The van der Waals surface area contributed by atoms with E-state index in [1.54, 1.807) is 0 Å². The molecular formula is C12H20N4. The lowest BCUT2D eigenvalue weighted by molar-refractivity contribution is 0.712. The number of hydrogen-bond donors (Lipinski definition) is 1. The van der Waals surface area contributed by atoms with E-state index in [1.807, 2.05) is 6.07 Å². The van der Waals surface area contributed by atoms with Crippen LogP contribution in [0.1, 0.15) is 45.4 Å². The standard InChI is InChI=1S/C12H20N4/c1-8(2)12-14-10(13)7-11(15-12)16-6-4-5-9(16)3/h7-9H,4-6H2,1-3H3,(H2,13,14,15). The first-order chi connectivity index (χ1) is 7.58. The highest BCUT2D eigenvalue weighted by molar-refractivity contribution is 5.48. The first-order valence-corrected chi connectivity index (χ1v) is 5.99. The van der Waals surface area contributed by atoms with Gasteiger partial charge in [-0.05, 0) is 19.8 Å². The molecule has 1 saturated heterocycles. The minimum Gasteiger partial charge on any atom is -0.384 e. The van der Waals surface area contributed by atoms with Crippen molar-refractivity contribution in [3.05, 3.63) is 11.9 Å². The number of nitrogens with two attached hydrogens (primary N) is 1. The van der Waals surface area contributed by atoms with Crippen molar-refractivity contribution in [2.45, 2.75) is 45.6 Å². The fourth-order valence-corrected chi connectivity index (χ4v) is 2.15. The second-order valence-corrected chi connectivity index (χ2v) is 4.85. The van der Waals surface area contributed by atoms with Gasteiger partial charge < -0.3 is 10.6 Å². The number of rotatable bonds is 2. The summed E-state index contributed by atoms with van der Waals surface area (Å²) in [6.45, 7) is 7.49. The summed E-state index contributed by atoms with van der Waals surface area (Å²) in [5.41, 5.74) is 5.83. The summed E-state index contributed by atoms with van der Waals surface area (Å²) in [6, 6.07) is 2.45. The van der Waals surface area contributed by atoms with E-state index in [0.29, 0.717) is 17.8 Å². The van der Waals surface area contributed by atoms with Gasteiger partial charge in [-0.2, -0.15) is 0 Å². The molecule has 0 aliphatic carbocycles. The summed E-state index contributed by atoms with van der Waals surface area (Å²) in [5, 5.41) is 0. The van der Waals surface area contributed by atoms with E-state index in [9.17, 15) is 0 Å². The molecule has 0 spiro atoms. The van der Waals surface area contributed by atoms with E-state index in [2.05, 4.69) is 35.6 Å². The van der Waals surface area contributed by atoms with Crippen LogP contribution >= 0.6 is 0 Å². The molecule has 1 aromatic heterocycles. The molecule has 2 N–H and O–H groups in total. The van der Waals surface area contributed by atoms with Crippen molar-refractivity contribution in [2.75, 3.05) is 17.2 Å². The smallest absolute Gasteiger partial charge is 0.135 e. The molecule has 0 bridgehead atoms. The van der Waals surface area contributed by atoms with Crippen LogP contribution in [0.4, 0.5) is 11.6 Å². The highest BCUT2D eigenvalue weighted by Crippen LogP contribution is 2.25. The van der Waals surface area contributed by atoms with Gasteiger partial charge in [0.15, 0.2) is 0 Å². The third-order valence-corrected chi connectivity index (χ3v) is 3.11. The largest absolute Gasteiger partial charge is 0.384 e. The Morgan fingerprint density at radius 1 is 1.44 bits per heavy atom. The quantitative estimate of drug-likeness (QED) is 0.830. The lowest BCUT2D eigenvalue weighted by Crippen LogP contribution is -2.27. The average Bonchev–Trinajstić information content (AvgIpc) is 2.63. The second kappa shape index (κ2) is 4.28. The van der Waals surface area contributed by atoms with Gasteiger partial charge in [0.1, 0.15) is 17.5 Å². The Balaban J connectivity index is 2.33. The highest BCUT2D eigenvalue weighted by atomic mass is 15.2. The van der Waals surface area contributed by atoms with Crippen LogP contribution in [0.25, 0.3) is 0 Å². The highest BCUT2D eigenvalue weighted by Gasteiger charge is 2.22. The fourth-order valence-electron chi connectivity index (χ4n) is 2.15. The number of aromatic nitrogens is 2. The molecule has 4 nitrogen and oxygen atoms in total. The van der Waals surface area contributed by atoms with Gasteiger partial charge in [-0.1, -0.05) is 13.8 Å². The van der Waals surface area contributed by atoms with Gasteiger partial charge in [-0.25, -0.2) is 9.97 Å². The summed E-state index contributed by atoms with van der Waals surface area (Å²) in [7, 11) is 0. The third kappa shape index (κ3) is 2.10. The van der Waals surface area contributed by atoms with Gasteiger partial charge in [-0.15, -0.1) is 0 Å². The SMILES string of the molecule is CC(C)c1nc(N)cc(N2CCCC2C)n1. The molecule has 1 aliphatic rings. The van der Waals surface area contributed by atoms with Gasteiger partial charge in [0.2, 0.25) is 0 Å². The van der Waals surface area contributed by atoms with Crippen LogP contribution in [-0.2, 0) is 0 Å². The molecule has 1 aliphatic heterocycles. The van der Waals surface area contributed by atoms with Crippen molar-refractivity contribution < 1.29 is 0 Å². The number of hydrogen-bond acceptors (Lipinski definition) is 4. The Morgan fingerprint density at radius 2 is 2.19 bits per heavy atom. The maximum Gasteiger partial charge on any atom is 0.135 e. The molecule has 0 saturated carbocycles. The summed E-state index contributed by atoms with van der Waals surface area (Å²) >= 11 is 0. The number of nitrogens with zero attached hydrogens (tertiary/aromatic N) is 3. The molecule has 2 heterocycles. The molecule has 2 rings (SSSR count). The minimum absolute atomic E-state index is 0.320. The molecule has 0 aromatic carbocycles. The first kappa shape index (κ1) is 11.2. The number of nitrogen functional groups attached to an aromatic ring is 1. The lowest BCUT2D eigenvalue weighted by Gasteiger charge is -2.23. The topological polar surface area (TPSA) is 55.0 Å².